The lowest BCUT2D eigenvalue weighted by molar-refractivity contribution is -0.125. The number of hydrogen-bond acceptors (Lipinski definition) is 9. The molecule has 0 aliphatic carbocycles. The van der Waals surface area contributed by atoms with E-state index in [0.29, 0.717) is 35.2 Å². The monoisotopic (exact) mass is 506 g/mol. The van der Waals surface area contributed by atoms with E-state index in [2.05, 4.69) is 20.0 Å². The number of carboxylic acid groups (broad SMARTS) is 1. The number of aromatic carboxylic acids is 1. The standard InChI is InChI=1S/C20H22N6O6S2/c1-11-7-14(25-8-12(9-25)18(28)21-3-4-23-34(2,31)32)24-17-15(11)16(27)13(19(29)30)10-26(17)20-22-5-6-33-20/h5-7,10,12,23H,3-4,8-9H2,1-2H3,(H,21,28)(H,29,30). The zero-order chi connectivity index (χ0) is 24.6. The summed E-state index contributed by atoms with van der Waals surface area (Å²) in [5, 5.41) is 14.6. The van der Waals surface area contributed by atoms with Crippen LogP contribution >= 0.6 is 11.3 Å². The molecule has 0 bridgehead atoms. The van der Waals surface area contributed by atoms with Crippen LogP contribution in [-0.2, 0) is 14.8 Å². The Hall–Kier alpha value is -3.36. The molecule has 1 saturated heterocycles. The van der Waals surface area contributed by atoms with Gasteiger partial charge in [-0.2, -0.15) is 0 Å². The normalized spacial score (nSPS) is 14.2. The van der Waals surface area contributed by atoms with Crippen LogP contribution in [0.2, 0.25) is 0 Å². The fourth-order valence-corrected chi connectivity index (χ4v) is 4.76. The minimum absolute atomic E-state index is 0.110. The number of hydrogen-bond donors (Lipinski definition) is 3. The molecule has 0 unspecified atom stereocenters. The van der Waals surface area contributed by atoms with Gasteiger partial charge >= 0.3 is 5.97 Å². The topological polar surface area (TPSA) is 164 Å². The summed E-state index contributed by atoms with van der Waals surface area (Å²) >= 11 is 1.28. The quantitative estimate of drug-likeness (QED) is 0.355. The molecule has 1 aliphatic heterocycles. The molecule has 4 rings (SSSR count). The van der Waals surface area contributed by atoms with E-state index in [-0.39, 0.29) is 35.9 Å². The number of sulfonamides is 1. The summed E-state index contributed by atoms with van der Waals surface area (Å²) in [5.41, 5.74) is -0.125. The summed E-state index contributed by atoms with van der Waals surface area (Å²) in [7, 11) is -3.31. The Balaban J connectivity index is 1.57. The van der Waals surface area contributed by atoms with Crippen molar-refractivity contribution in [2.45, 2.75) is 6.92 Å². The minimum atomic E-state index is -3.31. The number of nitrogens with zero attached hydrogens (tertiary/aromatic N) is 4. The number of thiazole rings is 1. The number of nitrogens with one attached hydrogen (secondary N) is 2. The van der Waals surface area contributed by atoms with E-state index in [4.69, 9.17) is 0 Å². The first-order chi connectivity index (χ1) is 16.0. The zero-order valence-electron chi connectivity index (χ0n) is 18.3. The maximum atomic E-state index is 12.8. The number of anilines is 1. The van der Waals surface area contributed by atoms with Gasteiger partial charge in [0.05, 0.1) is 17.6 Å². The summed E-state index contributed by atoms with van der Waals surface area (Å²) in [6, 6.07) is 1.70. The van der Waals surface area contributed by atoms with Crippen molar-refractivity contribution in [2.75, 3.05) is 37.3 Å². The average molecular weight is 507 g/mol. The van der Waals surface area contributed by atoms with Gasteiger partial charge in [-0.1, -0.05) is 0 Å². The Kier molecular flexibility index (Phi) is 6.38. The molecule has 0 radical (unpaired) electrons. The molecular formula is C20H22N6O6S2. The third-order valence-electron chi connectivity index (χ3n) is 5.36. The lowest BCUT2D eigenvalue weighted by Gasteiger charge is -2.39. The van der Waals surface area contributed by atoms with Gasteiger partial charge in [-0.05, 0) is 18.6 Å². The summed E-state index contributed by atoms with van der Waals surface area (Å²) in [6.45, 7) is 2.81. The van der Waals surface area contributed by atoms with Crippen molar-refractivity contribution in [1.82, 2.24) is 24.6 Å². The smallest absolute Gasteiger partial charge is 0.341 e. The van der Waals surface area contributed by atoms with E-state index in [9.17, 15) is 27.9 Å². The second kappa shape index (κ2) is 9.12. The van der Waals surface area contributed by atoms with Gasteiger partial charge in [0.25, 0.3) is 0 Å². The van der Waals surface area contributed by atoms with Crippen LogP contribution in [0, 0.1) is 12.8 Å². The number of fused-ring (bicyclic) bond motifs is 1. The molecule has 4 heterocycles. The molecule has 3 aromatic heterocycles. The van der Waals surface area contributed by atoms with Gasteiger partial charge in [0, 0.05) is 44.0 Å². The summed E-state index contributed by atoms with van der Waals surface area (Å²) < 4.78 is 26.0. The maximum absolute atomic E-state index is 12.8. The Labute approximate surface area is 198 Å². The van der Waals surface area contributed by atoms with Gasteiger partial charge in [0.2, 0.25) is 21.4 Å². The molecule has 34 heavy (non-hydrogen) atoms. The van der Waals surface area contributed by atoms with Crippen molar-refractivity contribution in [3.8, 4) is 5.13 Å². The third kappa shape index (κ3) is 4.78. The average Bonchev–Trinajstić information content (AvgIpc) is 3.23. The number of amides is 1. The van der Waals surface area contributed by atoms with Crippen molar-refractivity contribution >= 4 is 50.1 Å². The highest BCUT2D eigenvalue weighted by Gasteiger charge is 2.34. The molecule has 3 N–H and O–H groups in total. The predicted octanol–water partition coefficient (Wildman–Crippen LogP) is -0.0496. The van der Waals surface area contributed by atoms with Gasteiger partial charge in [-0.25, -0.2) is 27.9 Å². The Bertz CT molecular complexity index is 1430. The number of carbonyl (C=O) groups is 2. The molecule has 0 spiro atoms. The molecule has 1 fully saturated rings. The largest absolute Gasteiger partial charge is 0.477 e. The summed E-state index contributed by atoms with van der Waals surface area (Å²) in [6.07, 6.45) is 3.86. The van der Waals surface area contributed by atoms with Gasteiger partial charge in [0.1, 0.15) is 11.4 Å². The number of pyridine rings is 2. The maximum Gasteiger partial charge on any atom is 0.341 e. The number of aryl methyl sites for hydroxylation is 1. The lowest BCUT2D eigenvalue weighted by Crippen LogP contribution is -2.54. The van der Waals surface area contributed by atoms with Crippen LogP contribution in [0.3, 0.4) is 0 Å². The SMILES string of the molecule is Cc1cc(N2CC(C(=O)NCCNS(C)(=O)=O)C2)nc2c1c(=O)c(C(=O)O)cn2-c1nccs1. The van der Waals surface area contributed by atoms with Crippen LogP contribution in [0.15, 0.2) is 28.6 Å². The first kappa shape index (κ1) is 23.8. The second-order valence-corrected chi connectivity index (χ2v) is 10.6. The molecule has 12 nitrogen and oxygen atoms in total. The van der Waals surface area contributed by atoms with E-state index in [0.717, 1.165) is 6.26 Å². The van der Waals surface area contributed by atoms with E-state index < -0.39 is 21.4 Å². The van der Waals surface area contributed by atoms with E-state index in [1.54, 1.807) is 24.6 Å². The Morgan fingerprint density at radius 3 is 2.65 bits per heavy atom. The highest BCUT2D eigenvalue weighted by molar-refractivity contribution is 7.88. The van der Waals surface area contributed by atoms with E-state index >= 15 is 0 Å². The number of rotatable bonds is 8. The Morgan fingerprint density at radius 2 is 2.03 bits per heavy atom. The molecule has 0 aromatic carbocycles. The highest BCUT2D eigenvalue weighted by Crippen LogP contribution is 2.28. The van der Waals surface area contributed by atoms with Crippen LogP contribution in [0.25, 0.3) is 16.2 Å². The highest BCUT2D eigenvalue weighted by atomic mass is 32.2. The van der Waals surface area contributed by atoms with Crippen LogP contribution < -0.4 is 20.4 Å². The van der Waals surface area contributed by atoms with Gasteiger partial charge in [-0.15, -0.1) is 11.3 Å². The Morgan fingerprint density at radius 1 is 1.29 bits per heavy atom. The molecule has 3 aromatic rings. The number of carbonyl (C=O) groups excluding carboxylic acids is 1. The number of aromatic nitrogens is 3. The lowest BCUT2D eigenvalue weighted by atomic mass is 9.98. The fraction of sp³-hybridized carbons (Fsp3) is 0.350. The van der Waals surface area contributed by atoms with Crippen LogP contribution in [0.4, 0.5) is 5.82 Å². The molecule has 0 saturated carbocycles. The van der Waals surface area contributed by atoms with Crippen molar-refractivity contribution < 1.29 is 23.1 Å². The molecule has 1 amide bonds. The second-order valence-electron chi connectivity index (χ2n) is 7.92. The van der Waals surface area contributed by atoms with E-state index in [1.165, 1.54) is 22.1 Å². The van der Waals surface area contributed by atoms with Gasteiger partial charge in [-0.3, -0.25) is 14.2 Å². The first-order valence-corrected chi connectivity index (χ1v) is 13.0. The first-order valence-electron chi connectivity index (χ1n) is 10.2. The van der Waals surface area contributed by atoms with Gasteiger partial charge < -0.3 is 15.3 Å². The molecule has 14 heteroatoms. The van der Waals surface area contributed by atoms with Gasteiger partial charge in [0.15, 0.2) is 10.8 Å². The summed E-state index contributed by atoms with van der Waals surface area (Å²) in [5.74, 6) is -1.24. The molecule has 1 aliphatic rings. The minimum Gasteiger partial charge on any atom is -0.477 e. The molecule has 180 valence electrons. The zero-order valence-corrected chi connectivity index (χ0v) is 19.9. The van der Waals surface area contributed by atoms with Crippen LogP contribution in [-0.4, -0.2) is 72.4 Å². The van der Waals surface area contributed by atoms with Crippen molar-refractivity contribution in [2.24, 2.45) is 5.92 Å². The molecular weight excluding hydrogens is 484 g/mol. The third-order valence-corrected chi connectivity index (χ3v) is 6.86. The number of carboxylic acids is 1. The van der Waals surface area contributed by atoms with Crippen molar-refractivity contribution in [3.63, 3.8) is 0 Å². The predicted molar refractivity (Wildman–Crippen MR) is 126 cm³/mol. The van der Waals surface area contributed by atoms with E-state index in [1.807, 2.05) is 4.90 Å². The fourth-order valence-electron chi connectivity index (χ4n) is 3.67. The van der Waals surface area contributed by atoms with Crippen molar-refractivity contribution in [1.29, 1.82) is 0 Å². The molecule has 0 atom stereocenters. The van der Waals surface area contributed by atoms with Crippen molar-refractivity contribution in [3.05, 3.63) is 45.2 Å². The van der Waals surface area contributed by atoms with Crippen LogP contribution in [0.1, 0.15) is 15.9 Å². The summed E-state index contributed by atoms with van der Waals surface area (Å²) in [4.78, 5) is 47.5. The van der Waals surface area contributed by atoms with Crippen LogP contribution in [0.5, 0.6) is 0 Å².